The minimum absolute atomic E-state index is 0. The van der Waals surface area contributed by atoms with E-state index < -0.39 is 38.8 Å². The van der Waals surface area contributed by atoms with Gasteiger partial charge >= 0.3 is 7.12 Å². The molecule has 18 aromatic rings. The van der Waals surface area contributed by atoms with Crippen LogP contribution in [-0.2, 0) is 42.8 Å². The first-order valence-corrected chi connectivity index (χ1v) is 47.6. The Kier molecular flexibility index (Phi) is 36.8. The number of nitrogens with zero attached hydrogens (tertiary/aromatic N) is 6. The van der Waals surface area contributed by atoms with Crippen LogP contribution in [0.3, 0.4) is 0 Å². The maximum atomic E-state index is 6.11. The van der Waals surface area contributed by atoms with Gasteiger partial charge in [-0.05, 0) is 191 Å². The molecule has 0 radical (unpaired) electrons. The van der Waals surface area contributed by atoms with Gasteiger partial charge < -0.3 is 9.31 Å². The van der Waals surface area contributed by atoms with E-state index in [0.29, 0.717) is 10.3 Å². The molecular formula is C107H100BBrCl2N6O2P4Pd. The number of aromatic nitrogens is 6. The number of rotatable bonds is 16. The van der Waals surface area contributed by atoms with Crippen molar-refractivity contribution in [3.05, 3.63) is 464 Å². The van der Waals surface area contributed by atoms with Crippen LogP contribution >= 0.6 is 70.8 Å². The van der Waals surface area contributed by atoms with Crippen molar-refractivity contribution in [2.45, 2.75) is 73.3 Å². The van der Waals surface area contributed by atoms with Crippen molar-refractivity contribution < 1.29 is 29.7 Å². The first kappa shape index (κ1) is 94.4. The first-order chi connectivity index (χ1) is 59.7. The number of fused-ring (bicyclic) bond motifs is 2. The number of benzene rings is 14. The summed E-state index contributed by atoms with van der Waals surface area (Å²) in [4.78, 5) is 8.13. The molecular weight excluding hydrogens is 1790 g/mol. The van der Waals surface area contributed by atoms with E-state index in [2.05, 4.69) is 444 Å². The Morgan fingerprint density at radius 3 is 0.806 bits per heavy atom. The molecule has 1 fully saturated rings. The van der Waals surface area contributed by atoms with Crippen molar-refractivity contribution in [2.75, 3.05) is 0 Å². The standard InChI is InChI=1S/4C18H15P.C14H12ClN3.C11H15BClNO2.C9H9BrN2.CH4.Pd/c4*1-4-10-16(11-5-1)19(17-12-6-2-7-13-17)18-14-8-3-9-15-18;1-2-18-13-6-5-10(8-11(13)9-17-18)12-4-3-7-16-14(12)15;1-10(2)11(3,4)16-12(15-10)8-6-5-7-14-9(8)13;1-2-12-9-4-3-8(10)5-7(9)6-11-12;;/h4*1-15H;3-9H,2H2,1H3;5-7H,1-4H3;3-6H,2H2,1H3;1H4;. The average Bonchev–Trinajstić information content (AvgIpc) is 1.62. The normalized spacial score (nSPS) is 12.0. The Balaban J connectivity index is 0.000000141. The summed E-state index contributed by atoms with van der Waals surface area (Å²) < 4.78 is 16.8. The van der Waals surface area contributed by atoms with Crippen LogP contribution in [-0.4, -0.2) is 47.8 Å². The molecule has 0 atom stereocenters. The van der Waals surface area contributed by atoms with Crippen molar-refractivity contribution in [3.8, 4) is 11.1 Å². The van der Waals surface area contributed by atoms with E-state index in [1.54, 1.807) is 12.4 Å². The number of halogens is 3. The molecule has 0 N–H and O–H groups in total. The van der Waals surface area contributed by atoms with Gasteiger partial charge in [-0.15, -0.1) is 0 Å². The number of pyridine rings is 2. The Morgan fingerprint density at radius 2 is 0.556 bits per heavy atom. The molecule has 624 valence electrons. The van der Waals surface area contributed by atoms with Crippen LogP contribution in [0.5, 0.6) is 0 Å². The van der Waals surface area contributed by atoms with Crippen molar-refractivity contribution >= 4 is 169 Å². The van der Waals surface area contributed by atoms with Gasteiger partial charge in [0.2, 0.25) is 0 Å². The Bertz CT molecular complexity index is 5260. The second-order valence-electron chi connectivity index (χ2n) is 29.1. The van der Waals surface area contributed by atoms with E-state index in [0.717, 1.165) is 45.1 Å². The third kappa shape index (κ3) is 25.7. The van der Waals surface area contributed by atoms with Crippen LogP contribution in [0.25, 0.3) is 32.9 Å². The smallest absolute Gasteiger partial charge is 0.399 e. The second kappa shape index (κ2) is 48.3. The van der Waals surface area contributed by atoms with Gasteiger partial charge in [-0.2, -0.15) is 10.2 Å². The molecule has 0 spiro atoms. The molecule has 1 aliphatic rings. The van der Waals surface area contributed by atoms with Crippen LogP contribution in [0, 0.1) is 0 Å². The predicted octanol–water partition coefficient (Wildman–Crippen LogP) is 23.0. The Labute approximate surface area is 770 Å². The SMILES string of the molecule is C.CC1(C)OB(c2cccnc2Cl)OC1(C)C.CCn1ncc2cc(-c3cccnc3Cl)ccc21.CCn1ncc2cc(Br)ccc21.[Pd].c1ccc(P(c2ccccc2)c2ccccc2)cc1.c1ccc(P(c2ccccc2)c2ccccc2)cc1.c1ccc(P(c2ccccc2)c2ccccc2)cc1.c1ccc(P(c2ccccc2)c2ccccc2)cc1. The molecule has 1 saturated heterocycles. The van der Waals surface area contributed by atoms with E-state index >= 15 is 0 Å². The van der Waals surface area contributed by atoms with Crippen molar-refractivity contribution in [1.29, 1.82) is 0 Å². The summed E-state index contributed by atoms with van der Waals surface area (Å²) in [5.41, 5.74) is 4.43. The van der Waals surface area contributed by atoms with E-state index in [-0.39, 0.29) is 39.1 Å². The zero-order valence-electron chi connectivity index (χ0n) is 69.5. The molecule has 0 unspecified atom stereocenters. The van der Waals surface area contributed by atoms with Crippen LogP contribution in [0.15, 0.2) is 454 Å². The molecule has 17 heteroatoms. The number of aryl methyl sites for hydroxylation is 2. The molecule has 0 saturated carbocycles. The van der Waals surface area contributed by atoms with Crippen molar-refractivity contribution in [3.63, 3.8) is 0 Å². The molecule has 14 aromatic carbocycles. The molecule has 0 amide bonds. The van der Waals surface area contributed by atoms with Crippen molar-refractivity contribution in [1.82, 2.24) is 29.5 Å². The van der Waals surface area contributed by atoms with E-state index in [9.17, 15) is 0 Å². The maximum absolute atomic E-state index is 6.11. The van der Waals surface area contributed by atoms with Crippen LogP contribution < -0.4 is 69.1 Å². The monoisotopic (exact) mass is 1890 g/mol. The van der Waals surface area contributed by atoms with Crippen LogP contribution in [0.2, 0.25) is 10.3 Å². The zero-order valence-corrected chi connectivity index (χ0v) is 77.7. The molecule has 1 aliphatic heterocycles. The number of hydrogen-bond donors (Lipinski definition) is 0. The summed E-state index contributed by atoms with van der Waals surface area (Å²) >= 11 is 15.6. The van der Waals surface area contributed by atoms with Gasteiger partial charge in [-0.3, -0.25) is 9.36 Å². The summed E-state index contributed by atoms with van der Waals surface area (Å²) in [6.07, 6.45) is 7.12. The van der Waals surface area contributed by atoms with E-state index in [1.807, 2.05) is 79.8 Å². The molecule has 124 heavy (non-hydrogen) atoms. The zero-order chi connectivity index (χ0) is 84.7. The third-order valence-corrected chi connectivity index (χ3v) is 31.3. The Morgan fingerprint density at radius 1 is 0.315 bits per heavy atom. The minimum Gasteiger partial charge on any atom is -0.399 e. The van der Waals surface area contributed by atoms with Gasteiger partial charge in [0.05, 0.1) is 34.6 Å². The van der Waals surface area contributed by atoms with Gasteiger partial charge in [0.15, 0.2) is 0 Å². The summed E-state index contributed by atoms with van der Waals surface area (Å²) in [5.74, 6) is 0. The third-order valence-electron chi connectivity index (χ3n) is 20.4. The molecule has 4 aromatic heterocycles. The fraction of sp³-hybridized carbons (Fsp3) is 0.103. The fourth-order valence-electron chi connectivity index (χ4n) is 13.7. The summed E-state index contributed by atoms with van der Waals surface area (Å²) in [7, 11) is -2.22. The van der Waals surface area contributed by atoms with Crippen LogP contribution in [0.4, 0.5) is 0 Å². The van der Waals surface area contributed by atoms with E-state index in [1.165, 1.54) is 74.6 Å². The van der Waals surface area contributed by atoms with Gasteiger partial charge in [0.25, 0.3) is 0 Å². The predicted molar refractivity (Wildman–Crippen MR) is 539 cm³/mol. The summed E-state index contributed by atoms with van der Waals surface area (Å²) in [6.45, 7) is 14.0. The number of hydrogen-bond acceptors (Lipinski definition) is 6. The summed E-state index contributed by atoms with van der Waals surface area (Å²) in [6, 6.07) is 149. The fourth-order valence-corrected chi connectivity index (χ4v) is 23.7. The van der Waals surface area contributed by atoms with Crippen LogP contribution in [0.1, 0.15) is 49.0 Å². The van der Waals surface area contributed by atoms with Gasteiger partial charge in [0.1, 0.15) is 10.3 Å². The quantitative estimate of drug-likeness (QED) is 0.0545. The molecule has 8 nitrogen and oxygen atoms in total. The minimum atomic E-state index is -0.446. The molecule has 5 heterocycles. The van der Waals surface area contributed by atoms with E-state index in [4.69, 9.17) is 32.5 Å². The van der Waals surface area contributed by atoms with Gasteiger partial charge in [-0.1, -0.05) is 423 Å². The van der Waals surface area contributed by atoms with Gasteiger partial charge in [-0.25, -0.2) is 9.97 Å². The van der Waals surface area contributed by atoms with Crippen molar-refractivity contribution in [2.24, 2.45) is 0 Å². The Hall–Kier alpha value is -10.3. The molecule has 0 bridgehead atoms. The average molecular weight is 1890 g/mol. The topological polar surface area (TPSA) is 79.9 Å². The largest absolute Gasteiger partial charge is 0.498 e. The molecule has 0 aliphatic carbocycles. The first-order valence-electron chi connectivity index (χ1n) is 40.7. The maximum Gasteiger partial charge on any atom is 0.498 e. The molecule has 19 rings (SSSR count). The summed E-state index contributed by atoms with van der Waals surface area (Å²) in [5, 5.41) is 28.6. The van der Waals surface area contributed by atoms with Gasteiger partial charge in [0, 0.05) is 72.2 Å². The second-order valence-corrected chi connectivity index (χ2v) is 39.6.